The van der Waals surface area contributed by atoms with Crippen LogP contribution in [0.3, 0.4) is 0 Å². The number of nitrogens with two attached hydrogens (primary N) is 1. The molecule has 4 aromatic rings. The molecule has 4 rings (SSSR count). The number of anilines is 1. The standard InChI is InChI=1S/C20H15ClN2/c21-16-8-9-18(22)17(12-16)14-6-7-15-11-19(23-20(15)10-14)13-4-2-1-3-5-13/h1-12,23H,22H2. The van der Waals surface area contributed by atoms with Gasteiger partial charge < -0.3 is 10.7 Å². The fourth-order valence-corrected chi connectivity index (χ4v) is 3.02. The molecule has 0 aliphatic rings. The summed E-state index contributed by atoms with van der Waals surface area (Å²) in [6.07, 6.45) is 0. The van der Waals surface area contributed by atoms with Crippen LogP contribution in [0, 0.1) is 0 Å². The van der Waals surface area contributed by atoms with Crippen LogP contribution < -0.4 is 5.73 Å². The van der Waals surface area contributed by atoms with Gasteiger partial charge in [0, 0.05) is 32.9 Å². The first-order valence-electron chi connectivity index (χ1n) is 7.44. The molecule has 0 radical (unpaired) electrons. The summed E-state index contributed by atoms with van der Waals surface area (Å²) in [7, 11) is 0. The Kier molecular flexibility index (Phi) is 3.32. The van der Waals surface area contributed by atoms with Crippen LogP contribution in [0.2, 0.25) is 5.02 Å². The second kappa shape index (κ2) is 5.49. The Morgan fingerprint density at radius 3 is 2.43 bits per heavy atom. The molecule has 0 atom stereocenters. The van der Waals surface area contributed by atoms with Crippen molar-refractivity contribution in [2.24, 2.45) is 0 Å². The molecule has 23 heavy (non-hydrogen) atoms. The largest absolute Gasteiger partial charge is 0.398 e. The summed E-state index contributed by atoms with van der Waals surface area (Å²) in [6.45, 7) is 0. The minimum atomic E-state index is 0.686. The molecule has 0 bridgehead atoms. The minimum Gasteiger partial charge on any atom is -0.398 e. The van der Waals surface area contributed by atoms with Gasteiger partial charge in [0.15, 0.2) is 0 Å². The van der Waals surface area contributed by atoms with Crippen molar-refractivity contribution >= 4 is 28.2 Å². The zero-order chi connectivity index (χ0) is 15.8. The summed E-state index contributed by atoms with van der Waals surface area (Å²) in [5.74, 6) is 0. The molecule has 2 nitrogen and oxygen atoms in total. The molecule has 0 fully saturated rings. The zero-order valence-corrected chi connectivity index (χ0v) is 13.1. The molecule has 0 aliphatic carbocycles. The van der Waals surface area contributed by atoms with Gasteiger partial charge in [-0.05, 0) is 41.5 Å². The Morgan fingerprint density at radius 1 is 0.783 bits per heavy atom. The molecule has 1 aromatic heterocycles. The maximum absolute atomic E-state index is 6.11. The van der Waals surface area contributed by atoms with Crippen molar-refractivity contribution in [2.45, 2.75) is 0 Å². The predicted octanol–water partition coefficient (Wildman–Crippen LogP) is 5.74. The first-order valence-corrected chi connectivity index (χ1v) is 7.82. The summed E-state index contributed by atoms with van der Waals surface area (Å²) in [4.78, 5) is 3.48. The molecular formula is C20H15ClN2. The fraction of sp³-hybridized carbons (Fsp3) is 0. The molecule has 3 N–H and O–H groups in total. The third-order valence-electron chi connectivity index (χ3n) is 4.03. The van der Waals surface area contributed by atoms with Gasteiger partial charge in [-0.2, -0.15) is 0 Å². The molecule has 0 amide bonds. The summed E-state index contributed by atoms with van der Waals surface area (Å²) in [5, 5.41) is 1.86. The Balaban J connectivity index is 1.84. The monoisotopic (exact) mass is 318 g/mol. The van der Waals surface area contributed by atoms with Crippen LogP contribution >= 0.6 is 11.6 Å². The smallest absolute Gasteiger partial charge is 0.0465 e. The number of benzene rings is 3. The summed E-state index contributed by atoms with van der Waals surface area (Å²) in [6, 6.07) is 24.3. The summed E-state index contributed by atoms with van der Waals surface area (Å²) < 4.78 is 0. The average Bonchev–Trinajstić information content (AvgIpc) is 3.01. The van der Waals surface area contributed by atoms with E-state index in [1.54, 1.807) is 6.07 Å². The lowest BCUT2D eigenvalue weighted by molar-refractivity contribution is 1.45. The normalized spacial score (nSPS) is 11.0. The van der Waals surface area contributed by atoms with Gasteiger partial charge in [-0.25, -0.2) is 0 Å². The molecule has 0 aliphatic heterocycles. The predicted molar refractivity (Wildman–Crippen MR) is 98.6 cm³/mol. The van der Waals surface area contributed by atoms with Crippen molar-refractivity contribution in [1.29, 1.82) is 0 Å². The number of halogens is 1. The highest BCUT2D eigenvalue weighted by molar-refractivity contribution is 6.31. The van der Waals surface area contributed by atoms with E-state index >= 15 is 0 Å². The van der Waals surface area contributed by atoms with Crippen LogP contribution in [0.1, 0.15) is 0 Å². The molecule has 0 unspecified atom stereocenters. The zero-order valence-electron chi connectivity index (χ0n) is 12.4. The lowest BCUT2D eigenvalue weighted by Gasteiger charge is -2.06. The van der Waals surface area contributed by atoms with E-state index in [0.29, 0.717) is 5.02 Å². The van der Waals surface area contributed by atoms with Gasteiger partial charge in [0.1, 0.15) is 0 Å². The number of aromatic nitrogens is 1. The van der Waals surface area contributed by atoms with Crippen molar-refractivity contribution in [2.75, 3.05) is 5.73 Å². The number of hydrogen-bond donors (Lipinski definition) is 2. The van der Waals surface area contributed by atoms with Crippen molar-refractivity contribution < 1.29 is 0 Å². The number of hydrogen-bond acceptors (Lipinski definition) is 1. The highest BCUT2D eigenvalue weighted by atomic mass is 35.5. The lowest BCUT2D eigenvalue weighted by atomic mass is 10.0. The van der Waals surface area contributed by atoms with Gasteiger partial charge in [-0.1, -0.05) is 54.1 Å². The quantitative estimate of drug-likeness (QED) is 0.455. The average molecular weight is 319 g/mol. The van der Waals surface area contributed by atoms with Gasteiger partial charge in [0.25, 0.3) is 0 Å². The Bertz CT molecular complexity index is 987. The van der Waals surface area contributed by atoms with Crippen LogP contribution in [-0.4, -0.2) is 4.98 Å². The number of rotatable bonds is 2. The van der Waals surface area contributed by atoms with E-state index in [-0.39, 0.29) is 0 Å². The number of nitrogens with one attached hydrogen (secondary N) is 1. The van der Waals surface area contributed by atoms with Crippen LogP contribution in [0.5, 0.6) is 0 Å². The van der Waals surface area contributed by atoms with E-state index in [2.05, 4.69) is 41.4 Å². The molecule has 112 valence electrons. The van der Waals surface area contributed by atoms with E-state index in [1.165, 1.54) is 10.9 Å². The summed E-state index contributed by atoms with van der Waals surface area (Å²) in [5.41, 5.74) is 12.2. The van der Waals surface area contributed by atoms with E-state index in [4.69, 9.17) is 17.3 Å². The SMILES string of the molecule is Nc1ccc(Cl)cc1-c1ccc2cc(-c3ccccc3)[nH]c2c1. The van der Waals surface area contributed by atoms with Crippen molar-refractivity contribution in [3.05, 3.63) is 77.8 Å². The van der Waals surface area contributed by atoms with Gasteiger partial charge >= 0.3 is 0 Å². The first kappa shape index (κ1) is 13.9. The number of H-pyrrole nitrogens is 1. The molecule has 3 aromatic carbocycles. The molecule has 0 spiro atoms. The van der Waals surface area contributed by atoms with Crippen molar-refractivity contribution in [3.8, 4) is 22.4 Å². The Morgan fingerprint density at radius 2 is 1.61 bits per heavy atom. The van der Waals surface area contributed by atoms with Crippen molar-refractivity contribution in [3.63, 3.8) is 0 Å². The fourth-order valence-electron chi connectivity index (χ4n) is 2.85. The van der Waals surface area contributed by atoms with Gasteiger partial charge in [0.2, 0.25) is 0 Å². The summed E-state index contributed by atoms with van der Waals surface area (Å²) >= 11 is 6.11. The minimum absolute atomic E-state index is 0.686. The van der Waals surface area contributed by atoms with Crippen LogP contribution in [0.25, 0.3) is 33.3 Å². The maximum Gasteiger partial charge on any atom is 0.0465 e. The Labute approximate surface area is 139 Å². The van der Waals surface area contributed by atoms with Gasteiger partial charge in [0.05, 0.1) is 0 Å². The molecular weight excluding hydrogens is 304 g/mol. The molecule has 0 saturated heterocycles. The molecule has 1 heterocycles. The third kappa shape index (κ3) is 2.58. The lowest BCUT2D eigenvalue weighted by Crippen LogP contribution is -1.89. The highest BCUT2D eigenvalue weighted by Crippen LogP contribution is 2.32. The van der Waals surface area contributed by atoms with Gasteiger partial charge in [-0.15, -0.1) is 0 Å². The second-order valence-electron chi connectivity index (χ2n) is 5.58. The molecule has 0 saturated carbocycles. The molecule has 3 heteroatoms. The van der Waals surface area contributed by atoms with E-state index in [1.807, 2.05) is 30.3 Å². The van der Waals surface area contributed by atoms with Crippen molar-refractivity contribution in [1.82, 2.24) is 4.98 Å². The van der Waals surface area contributed by atoms with E-state index < -0.39 is 0 Å². The third-order valence-corrected chi connectivity index (χ3v) is 4.27. The second-order valence-corrected chi connectivity index (χ2v) is 6.02. The number of nitrogen functional groups attached to an aromatic ring is 1. The van der Waals surface area contributed by atoms with Crippen LogP contribution in [0.15, 0.2) is 72.8 Å². The van der Waals surface area contributed by atoms with Crippen LogP contribution in [-0.2, 0) is 0 Å². The topological polar surface area (TPSA) is 41.8 Å². The van der Waals surface area contributed by atoms with E-state index in [0.717, 1.165) is 28.0 Å². The number of fused-ring (bicyclic) bond motifs is 1. The number of aromatic amines is 1. The van der Waals surface area contributed by atoms with Gasteiger partial charge in [-0.3, -0.25) is 0 Å². The van der Waals surface area contributed by atoms with E-state index in [9.17, 15) is 0 Å². The van der Waals surface area contributed by atoms with Crippen LogP contribution in [0.4, 0.5) is 5.69 Å². The maximum atomic E-state index is 6.11. The first-order chi connectivity index (χ1) is 11.2. The highest BCUT2D eigenvalue weighted by Gasteiger charge is 2.07. The Hall–Kier alpha value is -2.71.